The number of carbonyl (C=O) groups is 2. The maximum Gasteiger partial charge on any atom is 0.270 e. The lowest BCUT2D eigenvalue weighted by Gasteiger charge is -2.47. The van der Waals surface area contributed by atoms with E-state index >= 15 is 0 Å². The van der Waals surface area contributed by atoms with Crippen LogP contribution in [-0.2, 0) is 4.79 Å². The Balaban J connectivity index is 0.00000210. The SMILES string of the molecule is CNCCN1C(=O)CC[C@H]2CN(C(=O)c3cc4ccccc4[nH]3)CC[C@H]21.Cl. The second-order valence-corrected chi connectivity index (χ2v) is 7.37. The molecule has 0 aliphatic carbocycles. The Kier molecular flexibility index (Phi) is 6.07. The minimum atomic E-state index is 0. The van der Waals surface area contributed by atoms with E-state index in [1.54, 1.807) is 0 Å². The summed E-state index contributed by atoms with van der Waals surface area (Å²) in [4.78, 5) is 32.5. The van der Waals surface area contributed by atoms with Gasteiger partial charge >= 0.3 is 0 Å². The van der Waals surface area contributed by atoms with Crippen LogP contribution in [0.25, 0.3) is 10.9 Å². The Morgan fingerprint density at radius 1 is 1.30 bits per heavy atom. The van der Waals surface area contributed by atoms with Crippen LogP contribution in [0.1, 0.15) is 29.8 Å². The van der Waals surface area contributed by atoms with Gasteiger partial charge in [0.15, 0.2) is 0 Å². The normalized spacial score (nSPS) is 22.5. The molecule has 27 heavy (non-hydrogen) atoms. The summed E-state index contributed by atoms with van der Waals surface area (Å²) in [5, 5.41) is 4.19. The number of piperidine rings is 2. The van der Waals surface area contributed by atoms with Gasteiger partial charge in [-0.25, -0.2) is 0 Å². The van der Waals surface area contributed by atoms with E-state index in [0.717, 1.165) is 43.4 Å². The fourth-order valence-electron chi connectivity index (χ4n) is 4.42. The monoisotopic (exact) mass is 390 g/mol. The molecule has 2 saturated heterocycles. The molecule has 0 saturated carbocycles. The predicted molar refractivity (Wildman–Crippen MR) is 108 cm³/mol. The van der Waals surface area contributed by atoms with Gasteiger partial charge in [-0.15, -0.1) is 12.4 Å². The molecule has 2 N–H and O–H groups in total. The summed E-state index contributed by atoms with van der Waals surface area (Å²) in [6.07, 6.45) is 2.35. The first-order valence-electron chi connectivity index (χ1n) is 9.48. The van der Waals surface area contributed by atoms with Crippen LogP contribution < -0.4 is 5.32 Å². The molecular weight excluding hydrogens is 364 g/mol. The first-order valence-corrected chi connectivity index (χ1v) is 9.48. The lowest BCUT2D eigenvalue weighted by Crippen LogP contribution is -2.57. The van der Waals surface area contributed by atoms with Crippen LogP contribution in [0, 0.1) is 5.92 Å². The van der Waals surface area contributed by atoms with Crippen LogP contribution in [-0.4, -0.2) is 65.9 Å². The quantitative estimate of drug-likeness (QED) is 0.841. The number of carbonyl (C=O) groups excluding carboxylic acids is 2. The highest BCUT2D eigenvalue weighted by molar-refractivity contribution is 5.98. The van der Waals surface area contributed by atoms with Crippen LogP contribution in [0.3, 0.4) is 0 Å². The summed E-state index contributed by atoms with van der Waals surface area (Å²) >= 11 is 0. The van der Waals surface area contributed by atoms with Gasteiger partial charge in [-0.05, 0) is 37.9 Å². The van der Waals surface area contributed by atoms with Crippen LogP contribution in [0.5, 0.6) is 0 Å². The zero-order chi connectivity index (χ0) is 18.1. The van der Waals surface area contributed by atoms with E-state index in [2.05, 4.69) is 10.3 Å². The summed E-state index contributed by atoms with van der Waals surface area (Å²) in [6, 6.07) is 10.2. The number of likely N-dealkylation sites (tertiary alicyclic amines) is 2. The highest BCUT2D eigenvalue weighted by Gasteiger charge is 2.40. The molecule has 2 aromatic rings. The number of halogens is 1. The number of likely N-dealkylation sites (N-methyl/N-ethyl adjacent to an activating group) is 1. The molecule has 2 fully saturated rings. The molecule has 6 nitrogen and oxygen atoms in total. The molecule has 0 spiro atoms. The molecule has 0 radical (unpaired) electrons. The second-order valence-electron chi connectivity index (χ2n) is 7.37. The van der Waals surface area contributed by atoms with Gasteiger partial charge < -0.3 is 20.1 Å². The Morgan fingerprint density at radius 3 is 2.89 bits per heavy atom. The van der Waals surface area contributed by atoms with Crippen LogP contribution in [0.15, 0.2) is 30.3 Å². The van der Waals surface area contributed by atoms with Crippen molar-refractivity contribution in [3.63, 3.8) is 0 Å². The molecule has 2 atom stereocenters. The molecule has 146 valence electrons. The standard InChI is InChI=1S/C20H26N4O2.ClH/c1-21-9-11-24-18-8-10-23(13-15(18)6-7-19(24)25)20(26)17-12-14-4-2-3-5-16(14)22-17;/h2-5,12,15,18,21-22H,6-11,13H2,1H3;1H/t15-,18+;/m0./s1. The molecular formula is C20H27ClN4O2. The number of aromatic amines is 1. The highest BCUT2D eigenvalue weighted by Crippen LogP contribution is 2.31. The maximum absolute atomic E-state index is 13.0. The smallest absolute Gasteiger partial charge is 0.270 e. The van der Waals surface area contributed by atoms with Crippen molar-refractivity contribution in [1.82, 2.24) is 20.1 Å². The van der Waals surface area contributed by atoms with E-state index in [1.807, 2.05) is 47.2 Å². The number of aromatic nitrogens is 1. The molecule has 3 heterocycles. The van der Waals surface area contributed by atoms with Gasteiger partial charge in [0.2, 0.25) is 5.91 Å². The fourth-order valence-corrected chi connectivity index (χ4v) is 4.42. The Bertz CT molecular complexity index is 788. The van der Waals surface area contributed by atoms with Gasteiger partial charge in [-0.1, -0.05) is 18.2 Å². The van der Waals surface area contributed by atoms with Crippen molar-refractivity contribution in [3.05, 3.63) is 36.0 Å². The molecule has 2 amide bonds. The molecule has 0 unspecified atom stereocenters. The van der Waals surface area contributed by atoms with Gasteiger partial charge in [-0.3, -0.25) is 9.59 Å². The average Bonchev–Trinajstić information content (AvgIpc) is 3.10. The zero-order valence-electron chi connectivity index (χ0n) is 15.6. The summed E-state index contributed by atoms with van der Waals surface area (Å²) in [5.74, 6) is 0.710. The lowest BCUT2D eigenvalue weighted by molar-refractivity contribution is -0.140. The van der Waals surface area contributed by atoms with Crippen LogP contribution in [0.4, 0.5) is 0 Å². The number of rotatable bonds is 4. The van der Waals surface area contributed by atoms with E-state index in [4.69, 9.17) is 0 Å². The third kappa shape index (κ3) is 3.82. The molecule has 2 aliphatic rings. The van der Waals surface area contributed by atoms with Crippen molar-refractivity contribution in [3.8, 4) is 0 Å². The fraction of sp³-hybridized carbons (Fsp3) is 0.500. The van der Waals surface area contributed by atoms with Crippen molar-refractivity contribution in [2.24, 2.45) is 5.92 Å². The molecule has 2 aliphatic heterocycles. The minimum Gasteiger partial charge on any atom is -0.351 e. The zero-order valence-corrected chi connectivity index (χ0v) is 16.4. The molecule has 1 aromatic heterocycles. The van der Waals surface area contributed by atoms with E-state index in [-0.39, 0.29) is 30.3 Å². The number of hydrogen-bond donors (Lipinski definition) is 2. The summed E-state index contributed by atoms with van der Waals surface area (Å²) in [7, 11) is 1.91. The van der Waals surface area contributed by atoms with Gasteiger partial charge in [-0.2, -0.15) is 0 Å². The second kappa shape index (κ2) is 8.31. The first kappa shape index (κ1) is 19.7. The van der Waals surface area contributed by atoms with E-state index in [0.29, 0.717) is 24.6 Å². The van der Waals surface area contributed by atoms with Crippen molar-refractivity contribution >= 4 is 35.1 Å². The number of nitrogens with one attached hydrogen (secondary N) is 2. The van der Waals surface area contributed by atoms with E-state index < -0.39 is 0 Å². The number of nitrogens with zero attached hydrogens (tertiary/aromatic N) is 2. The third-order valence-corrected chi connectivity index (χ3v) is 5.79. The van der Waals surface area contributed by atoms with Crippen molar-refractivity contribution < 1.29 is 9.59 Å². The molecule has 0 bridgehead atoms. The third-order valence-electron chi connectivity index (χ3n) is 5.79. The van der Waals surface area contributed by atoms with Crippen LogP contribution >= 0.6 is 12.4 Å². The summed E-state index contributed by atoms with van der Waals surface area (Å²) < 4.78 is 0. The highest BCUT2D eigenvalue weighted by atomic mass is 35.5. The van der Waals surface area contributed by atoms with E-state index in [9.17, 15) is 9.59 Å². The van der Waals surface area contributed by atoms with Crippen molar-refractivity contribution in [2.45, 2.75) is 25.3 Å². The predicted octanol–water partition coefficient (Wildman–Crippen LogP) is 2.26. The average molecular weight is 391 g/mol. The van der Waals surface area contributed by atoms with Gasteiger partial charge in [0.05, 0.1) is 0 Å². The molecule has 4 rings (SSSR count). The topological polar surface area (TPSA) is 68.4 Å². The summed E-state index contributed by atoms with van der Waals surface area (Å²) in [6.45, 7) is 3.01. The molecule has 7 heteroatoms. The van der Waals surface area contributed by atoms with Gasteiger partial charge in [0.1, 0.15) is 5.69 Å². The van der Waals surface area contributed by atoms with Crippen molar-refractivity contribution in [1.29, 1.82) is 0 Å². The Morgan fingerprint density at radius 2 is 2.11 bits per heavy atom. The molecule has 1 aromatic carbocycles. The maximum atomic E-state index is 13.0. The first-order chi connectivity index (χ1) is 12.7. The Labute approximate surface area is 165 Å². The number of fused-ring (bicyclic) bond motifs is 2. The van der Waals surface area contributed by atoms with Crippen LogP contribution in [0.2, 0.25) is 0 Å². The van der Waals surface area contributed by atoms with E-state index in [1.165, 1.54) is 0 Å². The minimum absolute atomic E-state index is 0. The number of benzene rings is 1. The summed E-state index contributed by atoms with van der Waals surface area (Å²) in [5.41, 5.74) is 1.65. The van der Waals surface area contributed by atoms with Gasteiger partial charge in [0, 0.05) is 49.5 Å². The van der Waals surface area contributed by atoms with Gasteiger partial charge in [0.25, 0.3) is 5.91 Å². The number of hydrogen-bond acceptors (Lipinski definition) is 3. The number of H-pyrrole nitrogens is 1. The number of para-hydroxylation sites is 1. The van der Waals surface area contributed by atoms with Crippen molar-refractivity contribution in [2.75, 3.05) is 33.2 Å². The number of amides is 2. The lowest BCUT2D eigenvalue weighted by atomic mass is 9.83. The largest absolute Gasteiger partial charge is 0.351 e. The Hall–Kier alpha value is -2.05.